The van der Waals surface area contributed by atoms with E-state index < -0.39 is 0 Å². The quantitative estimate of drug-likeness (QED) is 0.538. The fourth-order valence-corrected chi connectivity index (χ4v) is 1.62. The molecule has 0 aromatic carbocycles. The minimum absolute atomic E-state index is 0.664. The Kier molecular flexibility index (Phi) is 11.9. The highest BCUT2D eigenvalue weighted by Crippen LogP contribution is 2.04. The van der Waals surface area contributed by atoms with Crippen molar-refractivity contribution in [2.24, 2.45) is 0 Å². The molecule has 1 atom stereocenters. The third-order valence-electron chi connectivity index (χ3n) is 2.52. The van der Waals surface area contributed by atoms with Crippen molar-refractivity contribution in [2.75, 3.05) is 34.0 Å². The minimum Gasteiger partial charge on any atom is -0.385 e. The summed E-state index contributed by atoms with van der Waals surface area (Å²) in [5.74, 6) is 0. The van der Waals surface area contributed by atoms with Gasteiger partial charge in [0, 0.05) is 33.0 Å². The molecule has 0 heterocycles. The molecule has 0 radical (unpaired) electrons. The standard InChI is InChI=1S/C12H27NO2/c1-4-7-12(13-2)8-5-10-15-11-6-9-14-3/h12-13H,4-11H2,1-3H3. The molecule has 0 bridgehead atoms. The third kappa shape index (κ3) is 10.2. The first-order chi connectivity index (χ1) is 7.35. The number of ether oxygens (including phenoxy) is 2. The molecule has 0 amide bonds. The van der Waals surface area contributed by atoms with Crippen LogP contribution in [-0.4, -0.2) is 40.0 Å². The van der Waals surface area contributed by atoms with Crippen molar-refractivity contribution in [3.8, 4) is 0 Å². The second kappa shape index (κ2) is 12.0. The van der Waals surface area contributed by atoms with Gasteiger partial charge in [0.1, 0.15) is 0 Å². The van der Waals surface area contributed by atoms with E-state index in [1.165, 1.54) is 19.3 Å². The van der Waals surface area contributed by atoms with Gasteiger partial charge in [-0.05, 0) is 32.7 Å². The largest absolute Gasteiger partial charge is 0.385 e. The molecule has 15 heavy (non-hydrogen) atoms. The van der Waals surface area contributed by atoms with E-state index in [9.17, 15) is 0 Å². The molecule has 0 saturated carbocycles. The van der Waals surface area contributed by atoms with Gasteiger partial charge in [-0.2, -0.15) is 0 Å². The molecule has 0 rings (SSSR count). The average molecular weight is 217 g/mol. The maximum Gasteiger partial charge on any atom is 0.0487 e. The Labute approximate surface area is 94.5 Å². The van der Waals surface area contributed by atoms with Crippen LogP contribution in [0.15, 0.2) is 0 Å². The molecule has 0 aromatic heterocycles. The molecular weight excluding hydrogens is 190 g/mol. The lowest BCUT2D eigenvalue weighted by atomic mass is 10.1. The van der Waals surface area contributed by atoms with Crippen molar-refractivity contribution >= 4 is 0 Å². The smallest absolute Gasteiger partial charge is 0.0487 e. The predicted octanol–water partition coefficient (Wildman–Crippen LogP) is 2.21. The van der Waals surface area contributed by atoms with Crippen LogP contribution in [0.25, 0.3) is 0 Å². The Morgan fingerprint density at radius 2 is 1.80 bits per heavy atom. The summed E-state index contributed by atoms with van der Waals surface area (Å²) < 4.78 is 10.4. The molecule has 0 fully saturated rings. The molecule has 3 nitrogen and oxygen atoms in total. The van der Waals surface area contributed by atoms with Crippen LogP contribution in [0.5, 0.6) is 0 Å². The summed E-state index contributed by atoms with van der Waals surface area (Å²) >= 11 is 0. The van der Waals surface area contributed by atoms with Crippen molar-refractivity contribution in [2.45, 2.75) is 45.1 Å². The zero-order chi connectivity index (χ0) is 11.4. The predicted molar refractivity (Wildman–Crippen MR) is 64.3 cm³/mol. The van der Waals surface area contributed by atoms with Gasteiger partial charge in [-0.3, -0.25) is 0 Å². The van der Waals surface area contributed by atoms with E-state index in [0.29, 0.717) is 6.04 Å². The Morgan fingerprint density at radius 1 is 1.07 bits per heavy atom. The lowest BCUT2D eigenvalue weighted by molar-refractivity contribution is 0.0990. The number of methoxy groups -OCH3 is 1. The van der Waals surface area contributed by atoms with Gasteiger partial charge in [0.15, 0.2) is 0 Å². The van der Waals surface area contributed by atoms with Gasteiger partial charge >= 0.3 is 0 Å². The first-order valence-corrected chi connectivity index (χ1v) is 6.09. The van der Waals surface area contributed by atoms with E-state index in [4.69, 9.17) is 9.47 Å². The first kappa shape index (κ1) is 14.9. The zero-order valence-electron chi connectivity index (χ0n) is 10.6. The minimum atomic E-state index is 0.664. The van der Waals surface area contributed by atoms with E-state index in [2.05, 4.69) is 12.2 Å². The van der Waals surface area contributed by atoms with E-state index in [1.807, 2.05) is 7.05 Å². The van der Waals surface area contributed by atoms with Crippen molar-refractivity contribution in [3.63, 3.8) is 0 Å². The highest BCUT2D eigenvalue weighted by molar-refractivity contribution is 4.62. The average Bonchev–Trinajstić information content (AvgIpc) is 2.26. The van der Waals surface area contributed by atoms with Crippen LogP contribution < -0.4 is 5.32 Å². The van der Waals surface area contributed by atoms with Gasteiger partial charge in [-0.15, -0.1) is 0 Å². The molecule has 92 valence electrons. The highest BCUT2D eigenvalue weighted by Gasteiger charge is 2.03. The molecule has 0 aliphatic carbocycles. The SMILES string of the molecule is CCCC(CCCOCCCOC)NC. The second-order valence-corrected chi connectivity index (χ2v) is 3.88. The monoisotopic (exact) mass is 217 g/mol. The van der Waals surface area contributed by atoms with Gasteiger partial charge in [-0.1, -0.05) is 13.3 Å². The van der Waals surface area contributed by atoms with Gasteiger partial charge in [0.25, 0.3) is 0 Å². The molecule has 0 saturated heterocycles. The first-order valence-electron chi connectivity index (χ1n) is 6.09. The van der Waals surface area contributed by atoms with Crippen LogP contribution in [-0.2, 0) is 9.47 Å². The maximum atomic E-state index is 5.50. The third-order valence-corrected chi connectivity index (χ3v) is 2.52. The fourth-order valence-electron chi connectivity index (χ4n) is 1.62. The zero-order valence-corrected chi connectivity index (χ0v) is 10.6. The maximum absolute atomic E-state index is 5.50. The normalized spacial score (nSPS) is 13.0. The van der Waals surface area contributed by atoms with E-state index in [0.717, 1.165) is 32.7 Å². The fraction of sp³-hybridized carbons (Fsp3) is 1.00. The molecule has 3 heteroatoms. The summed E-state index contributed by atoms with van der Waals surface area (Å²) in [6.07, 6.45) is 5.88. The van der Waals surface area contributed by atoms with E-state index in [1.54, 1.807) is 7.11 Å². The molecule has 0 aliphatic rings. The molecule has 1 N–H and O–H groups in total. The van der Waals surface area contributed by atoms with Crippen molar-refractivity contribution in [3.05, 3.63) is 0 Å². The summed E-state index contributed by atoms with van der Waals surface area (Å²) in [5, 5.41) is 3.34. The lowest BCUT2D eigenvalue weighted by Gasteiger charge is -2.14. The molecule has 0 aliphatic heterocycles. The molecular formula is C12H27NO2. The Hall–Kier alpha value is -0.120. The topological polar surface area (TPSA) is 30.5 Å². The van der Waals surface area contributed by atoms with Crippen LogP contribution in [0.3, 0.4) is 0 Å². The number of nitrogens with one attached hydrogen (secondary N) is 1. The Bertz CT molecular complexity index is 120. The van der Waals surface area contributed by atoms with Crippen LogP contribution in [0.1, 0.15) is 39.0 Å². The van der Waals surface area contributed by atoms with Crippen LogP contribution in [0.2, 0.25) is 0 Å². The van der Waals surface area contributed by atoms with Gasteiger partial charge in [0.05, 0.1) is 0 Å². The van der Waals surface area contributed by atoms with E-state index >= 15 is 0 Å². The molecule has 0 spiro atoms. The molecule has 0 aromatic rings. The van der Waals surface area contributed by atoms with Crippen LogP contribution in [0, 0.1) is 0 Å². The number of hydrogen-bond donors (Lipinski definition) is 1. The summed E-state index contributed by atoms with van der Waals surface area (Å²) in [4.78, 5) is 0. The Morgan fingerprint density at radius 3 is 2.40 bits per heavy atom. The summed E-state index contributed by atoms with van der Waals surface area (Å²) in [6.45, 7) is 4.73. The van der Waals surface area contributed by atoms with Gasteiger partial charge < -0.3 is 14.8 Å². The summed E-state index contributed by atoms with van der Waals surface area (Å²) in [5.41, 5.74) is 0. The second-order valence-electron chi connectivity index (χ2n) is 3.88. The van der Waals surface area contributed by atoms with Crippen LogP contribution in [0.4, 0.5) is 0 Å². The van der Waals surface area contributed by atoms with Gasteiger partial charge in [-0.25, -0.2) is 0 Å². The summed E-state index contributed by atoms with van der Waals surface area (Å²) in [7, 11) is 3.77. The number of hydrogen-bond acceptors (Lipinski definition) is 3. The van der Waals surface area contributed by atoms with Crippen molar-refractivity contribution in [1.82, 2.24) is 5.32 Å². The van der Waals surface area contributed by atoms with Crippen LogP contribution >= 0.6 is 0 Å². The van der Waals surface area contributed by atoms with Gasteiger partial charge in [0.2, 0.25) is 0 Å². The Balaban J connectivity index is 3.14. The molecule has 1 unspecified atom stereocenters. The summed E-state index contributed by atoms with van der Waals surface area (Å²) in [6, 6.07) is 0.664. The number of rotatable bonds is 11. The highest BCUT2D eigenvalue weighted by atomic mass is 16.5. The van der Waals surface area contributed by atoms with Crippen molar-refractivity contribution < 1.29 is 9.47 Å². The lowest BCUT2D eigenvalue weighted by Crippen LogP contribution is -2.25. The van der Waals surface area contributed by atoms with E-state index in [-0.39, 0.29) is 0 Å². The van der Waals surface area contributed by atoms with Crippen molar-refractivity contribution in [1.29, 1.82) is 0 Å².